The Morgan fingerprint density at radius 1 is 1.73 bits per heavy atom. The van der Waals surface area contributed by atoms with Crippen molar-refractivity contribution in [3.05, 3.63) is 11.6 Å². The molecule has 2 heterocycles. The zero-order chi connectivity index (χ0) is 7.73. The van der Waals surface area contributed by atoms with Crippen LogP contribution in [0.3, 0.4) is 0 Å². The molecule has 11 heavy (non-hydrogen) atoms. The van der Waals surface area contributed by atoms with Gasteiger partial charge in [0.15, 0.2) is 0 Å². The topological polar surface area (TPSA) is 21.3 Å². The lowest BCUT2D eigenvalue weighted by Crippen LogP contribution is -2.43. The standard InChI is InChI=1S/C9H15NO/c1-2-8-3-5-10-9(8)4-6-11-7-9/h3,10H,2,4-7H2,1H3. The Hall–Kier alpha value is -0.340. The molecular formula is C9H15NO. The molecule has 0 aromatic carbocycles. The molecule has 62 valence electrons. The van der Waals surface area contributed by atoms with Crippen LogP contribution in [0.5, 0.6) is 0 Å². The lowest BCUT2D eigenvalue weighted by Gasteiger charge is -2.25. The van der Waals surface area contributed by atoms with E-state index in [4.69, 9.17) is 4.74 Å². The molecule has 1 fully saturated rings. The Morgan fingerprint density at radius 3 is 3.27 bits per heavy atom. The zero-order valence-corrected chi connectivity index (χ0v) is 7.02. The van der Waals surface area contributed by atoms with Gasteiger partial charge >= 0.3 is 0 Å². The van der Waals surface area contributed by atoms with E-state index in [1.807, 2.05) is 0 Å². The van der Waals surface area contributed by atoms with Gasteiger partial charge in [0.2, 0.25) is 0 Å². The number of nitrogens with one attached hydrogen (secondary N) is 1. The lowest BCUT2D eigenvalue weighted by molar-refractivity contribution is 0.178. The van der Waals surface area contributed by atoms with Crippen molar-refractivity contribution in [3.63, 3.8) is 0 Å². The minimum Gasteiger partial charge on any atom is -0.379 e. The molecule has 2 rings (SSSR count). The van der Waals surface area contributed by atoms with Crippen molar-refractivity contribution in [1.29, 1.82) is 0 Å². The molecule has 2 heteroatoms. The van der Waals surface area contributed by atoms with E-state index in [0.29, 0.717) is 0 Å². The maximum Gasteiger partial charge on any atom is 0.0687 e. The summed E-state index contributed by atoms with van der Waals surface area (Å²) in [4.78, 5) is 0. The average molecular weight is 153 g/mol. The van der Waals surface area contributed by atoms with Crippen molar-refractivity contribution in [2.24, 2.45) is 0 Å². The van der Waals surface area contributed by atoms with Crippen molar-refractivity contribution >= 4 is 0 Å². The second-order valence-electron chi connectivity index (χ2n) is 3.35. The Labute approximate surface area is 67.6 Å². The number of rotatable bonds is 1. The summed E-state index contributed by atoms with van der Waals surface area (Å²) >= 11 is 0. The minimum atomic E-state index is 0.245. The van der Waals surface area contributed by atoms with Gasteiger partial charge in [-0.1, -0.05) is 18.6 Å². The molecule has 1 unspecified atom stereocenters. The molecular weight excluding hydrogens is 138 g/mol. The van der Waals surface area contributed by atoms with Crippen LogP contribution in [-0.4, -0.2) is 25.3 Å². The first-order valence-electron chi connectivity index (χ1n) is 4.40. The first kappa shape index (κ1) is 7.32. The molecule has 1 N–H and O–H groups in total. The first-order chi connectivity index (χ1) is 5.37. The largest absolute Gasteiger partial charge is 0.379 e. The Balaban J connectivity index is 2.18. The smallest absolute Gasteiger partial charge is 0.0687 e. The van der Waals surface area contributed by atoms with E-state index >= 15 is 0 Å². The molecule has 0 aliphatic carbocycles. The molecule has 1 spiro atoms. The van der Waals surface area contributed by atoms with Gasteiger partial charge < -0.3 is 10.1 Å². The predicted octanol–water partition coefficient (Wildman–Crippen LogP) is 1.09. The molecule has 2 nitrogen and oxygen atoms in total. The summed E-state index contributed by atoms with van der Waals surface area (Å²) in [5, 5.41) is 3.52. The normalized spacial score (nSPS) is 36.6. The third-order valence-corrected chi connectivity index (χ3v) is 2.81. The maximum absolute atomic E-state index is 5.41. The highest BCUT2D eigenvalue weighted by Crippen LogP contribution is 2.31. The molecule has 1 atom stereocenters. The molecule has 0 aromatic heterocycles. The molecule has 0 bridgehead atoms. The quantitative estimate of drug-likeness (QED) is 0.569. The van der Waals surface area contributed by atoms with Crippen LogP contribution in [0.2, 0.25) is 0 Å². The molecule has 2 aliphatic heterocycles. The van der Waals surface area contributed by atoms with Crippen LogP contribution in [-0.2, 0) is 4.74 Å². The van der Waals surface area contributed by atoms with Crippen LogP contribution in [0.15, 0.2) is 11.6 Å². The number of hydrogen-bond donors (Lipinski definition) is 1. The van der Waals surface area contributed by atoms with E-state index in [2.05, 4.69) is 18.3 Å². The van der Waals surface area contributed by atoms with Crippen LogP contribution in [0, 0.1) is 0 Å². The molecule has 0 saturated carbocycles. The van der Waals surface area contributed by atoms with Gasteiger partial charge in [0.05, 0.1) is 12.1 Å². The fourth-order valence-corrected chi connectivity index (χ4v) is 2.12. The molecule has 1 saturated heterocycles. The van der Waals surface area contributed by atoms with Crippen molar-refractivity contribution < 1.29 is 4.74 Å². The average Bonchev–Trinajstić information content (AvgIpc) is 2.62. The van der Waals surface area contributed by atoms with E-state index in [1.165, 1.54) is 0 Å². The van der Waals surface area contributed by atoms with Crippen LogP contribution in [0.4, 0.5) is 0 Å². The highest BCUT2D eigenvalue weighted by atomic mass is 16.5. The van der Waals surface area contributed by atoms with Crippen LogP contribution in [0.1, 0.15) is 19.8 Å². The molecule has 0 aromatic rings. The fraction of sp³-hybridized carbons (Fsp3) is 0.778. The monoisotopic (exact) mass is 153 g/mol. The fourth-order valence-electron chi connectivity index (χ4n) is 2.12. The van der Waals surface area contributed by atoms with Crippen LogP contribution < -0.4 is 5.32 Å². The predicted molar refractivity (Wildman–Crippen MR) is 44.5 cm³/mol. The van der Waals surface area contributed by atoms with E-state index in [1.54, 1.807) is 5.57 Å². The highest BCUT2D eigenvalue weighted by Gasteiger charge is 2.39. The van der Waals surface area contributed by atoms with Gasteiger partial charge in [-0.05, 0) is 12.8 Å². The second-order valence-corrected chi connectivity index (χ2v) is 3.35. The maximum atomic E-state index is 5.41. The third kappa shape index (κ3) is 1.01. The van der Waals surface area contributed by atoms with Crippen LogP contribution >= 0.6 is 0 Å². The third-order valence-electron chi connectivity index (χ3n) is 2.81. The number of hydrogen-bond acceptors (Lipinski definition) is 2. The van der Waals surface area contributed by atoms with Crippen molar-refractivity contribution in [2.75, 3.05) is 19.8 Å². The van der Waals surface area contributed by atoms with E-state index in [0.717, 1.165) is 32.6 Å². The van der Waals surface area contributed by atoms with Gasteiger partial charge in [-0.3, -0.25) is 0 Å². The van der Waals surface area contributed by atoms with Gasteiger partial charge in [0.25, 0.3) is 0 Å². The van der Waals surface area contributed by atoms with Crippen molar-refractivity contribution in [3.8, 4) is 0 Å². The molecule has 2 aliphatic rings. The second kappa shape index (κ2) is 2.61. The summed E-state index contributed by atoms with van der Waals surface area (Å²) in [6.45, 7) is 5.06. The van der Waals surface area contributed by atoms with Crippen molar-refractivity contribution in [1.82, 2.24) is 5.32 Å². The molecule has 0 radical (unpaired) electrons. The number of ether oxygens (including phenoxy) is 1. The minimum absolute atomic E-state index is 0.245. The van der Waals surface area contributed by atoms with Gasteiger partial charge in [-0.15, -0.1) is 0 Å². The zero-order valence-electron chi connectivity index (χ0n) is 7.02. The Morgan fingerprint density at radius 2 is 2.64 bits per heavy atom. The van der Waals surface area contributed by atoms with E-state index < -0.39 is 0 Å². The van der Waals surface area contributed by atoms with Gasteiger partial charge in [-0.2, -0.15) is 0 Å². The summed E-state index contributed by atoms with van der Waals surface area (Å²) in [6.07, 6.45) is 4.64. The summed E-state index contributed by atoms with van der Waals surface area (Å²) in [5.41, 5.74) is 1.80. The van der Waals surface area contributed by atoms with E-state index in [-0.39, 0.29) is 5.54 Å². The summed E-state index contributed by atoms with van der Waals surface area (Å²) in [7, 11) is 0. The summed E-state index contributed by atoms with van der Waals surface area (Å²) in [5.74, 6) is 0. The highest BCUT2D eigenvalue weighted by molar-refractivity contribution is 5.27. The summed E-state index contributed by atoms with van der Waals surface area (Å²) < 4.78 is 5.41. The van der Waals surface area contributed by atoms with E-state index in [9.17, 15) is 0 Å². The Kier molecular flexibility index (Phi) is 1.74. The van der Waals surface area contributed by atoms with Crippen molar-refractivity contribution in [2.45, 2.75) is 25.3 Å². The SMILES string of the molecule is CCC1=CCNC12CCOC2. The molecule has 0 amide bonds. The summed E-state index contributed by atoms with van der Waals surface area (Å²) in [6, 6.07) is 0. The van der Waals surface area contributed by atoms with Gasteiger partial charge in [-0.25, -0.2) is 0 Å². The van der Waals surface area contributed by atoms with Crippen LogP contribution in [0.25, 0.3) is 0 Å². The van der Waals surface area contributed by atoms with Gasteiger partial charge in [0.1, 0.15) is 0 Å². The van der Waals surface area contributed by atoms with Gasteiger partial charge in [0, 0.05) is 13.2 Å². The first-order valence-corrected chi connectivity index (χ1v) is 4.40. The lowest BCUT2D eigenvalue weighted by atomic mass is 9.90. The Bertz CT molecular complexity index is 180.